The SMILES string of the molecule is O=c1nc(Nc2nccn2-c2cccc(C(F)(F)F)c2)cc(Nc2ccc(OC(F)(F)F)cc2)[nH]1. The minimum absolute atomic E-state index is 0.00713. The molecule has 2 aromatic heterocycles. The minimum atomic E-state index is -4.83. The van der Waals surface area contributed by atoms with Gasteiger partial charge in [-0.15, -0.1) is 13.2 Å². The van der Waals surface area contributed by atoms with Crippen LogP contribution in [0.2, 0.25) is 0 Å². The third-order valence-electron chi connectivity index (χ3n) is 4.44. The van der Waals surface area contributed by atoms with E-state index in [1.54, 1.807) is 0 Å². The van der Waals surface area contributed by atoms with Crippen LogP contribution in [0.4, 0.5) is 49.6 Å². The Kier molecular flexibility index (Phi) is 6.11. The number of nitrogens with one attached hydrogen (secondary N) is 3. The first kappa shape index (κ1) is 23.7. The summed E-state index contributed by atoms with van der Waals surface area (Å²) in [5.74, 6) is -0.195. The van der Waals surface area contributed by atoms with E-state index < -0.39 is 29.5 Å². The van der Waals surface area contributed by atoms with Crippen molar-refractivity contribution in [3.63, 3.8) is 0 Å². The molecule has 8 nitrogen and oxygen atoms in total. The summed E-state index contributed by atoms with van der Waals surface area (Å²) in [5.41, 5.74) is -1.12. The van der Waals surface area contributed by atoms with Crippen molar-refractivity contribution in [2.24, 2.45) is 0 Å². The fourth-order valence-electron chi connectivity index (χ4n) is 3.04. The molecule has 2 heterocycles. The van der Waals surface area contributed by atoms with Crippen LogP contribution >= 0.6 is 0 Å². The number of aromatic nitrogens is 4. The van der Waals surface area contributed by atoms with E-state index in [4.69, 9.17) is 0 Å². The summed E-state index contributed by atoms with van der Waals surface area (Å²) in [6, 6.07) is 10.7. The van der Waals surface area contributed by atoms with Gasteiger partial charge < -0.3 is 15.4 Å². The van der Waals surface area contributed by atoms with Gasteiger partial charge in [-0.2, -0.15) is 18.2 Å². The van der Waals surface area contributed by atoms with Crippen molar-refractivity contribution in [2.45, 2.75) is 12.5 Å². The average molecular weight is 496 g/mol. The van der Waals surface area contributed by atoms with Crippen LogP contribution in [0.25, 0.3) is 5.69 Å². The molecule has 0 atom stereocenters. The second kappa shape index (κ2) is 9.04. The zero-order valence-corrected chi connectivity index (χ0v) is 17.3. The van der Waals surface area contributed by atoms with E-state index in [-0.39, 0.29) is 23.3 Å². The normalized spacial score (nSPS) is 11.8. The maximum atomic E-state index is 13.1. The minimum Gasteiger partial charge on any atom is -0.406 e. The van der Waals surface area contributed by atoms with E-state index in [1.807, 2.05) is 0 Å². The van der Waals surface area contributed by atoms with Crippen molar-refractivity contribution in [1.29, 1.82) is 0 Å². The van der Waals surface area contributed by atoms with E-state index >= 15 is 0 Å². The Labute approximate surface area is 192 Å². The number of ether oxygens (including phenoxy) is 1. The van der Waals surface area contributed by atoms with Gasteiger partial charge in [-0.3, -0.25) is 9.55 Å². The Balaban J connectivity index is 1.54. The summed E-state index contributed by atoms with van der Waals surface area (Å²) < 4.78 is 81.2. The lowest BCUT2D eigenvalue weighted by molar-refractivity contribution is -0.274. The third kappa shape index (κ3) is 6.10. The van der Waals surface area contributed by atoms with Gasteiger partial charge >= 0.3 is 18.2 Å². The highest BCUT2D eigenvalue weighted by atomic mass is 19.4. The van der Waals surface area contributed by atoms with Crippen LogP contribution in [0, 0.1) is 0 Å². The summed E-state index contributed by atoms with van der Waals surface area (Å²) >= 11 is 0. The lowest BCUT2D eigenvalue weighted by Gasteiger charge is -2.13. The predicted octanol–water partition coefficient (Wildman–Crippen LogP) is 5.36. The fraction of sp³-hybridized carbons (Fsp3) is 0.0952. The van der Waals surface area contributed by atoms with Crippen LogP contribution in [0.5, 0.6) is 5.75 Å². The van der Waals surface area contributed by atoms with Crippen molar-refractivity contribution in [2.75, 3.05) is 10.6 Å². The second-order valence-corrected chi connectivity index (χ2v) is 6.98. The molecule has 0 aliphatic heterocycles. The number of halogens is 6. The predicted molar refractivity (Wildman–Crippen MR) is 113 cm³/mol. The van der Waals surface area contributed by atoms with Crippen molar-refractivity contribution in [3.8, 4) is 11.4 Å². The summed E-state index contributed by atoms with van der Waals surface area (Å²) in [5, 5.41) is 5.57. The van der Waals surface area contributed by atoms with Gasteiger partial charge in [-0.25, -0.2) is 9.78 Å². The molecule has 4 aromatic rings. The number of aromatic amines is 1. The van der Waals surface area contributed by atoms with Gasteiger partial charge in [-0.1, -0.05) is 6.07 Å². The molecule has 182 valence electrons. The molecular weight excluding hydrogens is 482 g/mol. The molecule has 0 bridgehead atoms. The summed E-state index contributed by atoms with van der Waals surface area (Å²) in [6.07, 6.45) is -6.59. The molecule has 14 heteroatoms. The first-order valence-electron chi connectivity index (χ1n) is 9.68. The van der Waals surface area contributed by atoms with Crippen molar-refractivity contribution >= 4 is 23.3 Å². The Morgan fingerprint density at radius 2 is 1.69 bits per heavy atom. The number of hydrogen-bond acceptors (Lipinski definition) is 6. The highest BCUT2D eigenvalue weighted by Crippen LogP contribution is 2.31. The summed E-state index contributed by atoms with van der Waals surface area (Å²) in [6.45, 7) is 0. The maximum Gasteiger partial charge on any atom is 0.573 e. The molecule has 0 unspecified atom stereocenters. The zero-order chi connectivity index (χ0) is 25.2. The largest absolute Gasteiger partial charge is 0.573 e. The molecule has 0 saturated heterocycles. The highest BCUT2D eigenvalue weighted by molar-refractivity contribution is 5.62. The quantitative estimate of drug-likeness (QED) is 0.311. The molecule has 3 N–H and O–H groups in total. The number of rotatable bonds is 6. The summed E-state index contributed by atoms with van der Waals surface area (Å²) in [7, 11) is 0. The zero-order valence-electron chi connectivity index (χ0n) is 17.3. The molecule has 0 amide bonds. The Morgan fingerprint density at radius 1 is 0.943 bits per heavy atom. The maximum absolute atomic E-state index is 13.1. The van der Waals surface area contributed by atoms with Gasteiger partial charge in [0.05, 0.1) is 5.56 Å². The number of alkyl halides is 6. The smallest absolute Gasteiger partial charge is 0.406 e. The Hall–Kier alpha value is -4.49. The van der Waals surface area contributed by atoms with Crippen molar-refractivity contribution in [3.05, 3.63) is 83.0 Å². The topological polar surface area (TPSA) is 96.9 Å². The molecular formula is C21H14F6N6O2. The van der Waals surface area contributed by atoms with Gasteiger partial charge in [0.15, 0.2) is 0 Å². The Morgan fingerprint density at radius 3 is 2.37 bits per heavy atom. The van der Waals surface area contributed by atoms with E-state index in [1.165, 1.54) is 47.3 Å². The van der Waals surface area contributed by atoms with E-state index in [0.29, 0.717) is 5.69 Å². The molecule has 4 rings (SSSR count). The van der Waals surface area contributed by atoms with Gasteiger partial charge in [0.2, 0.25) is 5.95 Å². The number of H-pyrrole nitrogens is 1. The van der Waals surface area contributed by atoms with E-state index in [9.17, 15) is 31.1 Å². The number of anilines is 4. The van der Waals surface area contributed by atoms with E-state index in [2.05, 4.69) is 30.3 Å². The van der Waals surface area contributed by atoms with Crippen LogP contribution in [0.3, 0.4) is 0 Å². The lowest BCUT2D eigenvalue weighted by atomic mass is 10.2. The molecule has 35 heavy (non-hydrogen) atoms. The van der Waals surface area contributed by atoms with Crippen LogP contribution < -0.4 is 21.1 Å². The molecule has 0 radical (unpaired) electrons. The molecule has 0 saturated carbocycles. The first-order valence-corrected chi connectivity index (χ1v) is 9.68. The van der Waals surface area contributed by atoms with Crippen LogP contribution in [0.15, 0.2) is 71.8 Å². The first-order chi connectivity index (χ1) is 16.5. The number of benzene rings is 2. The van der Waals surface area contributed by atoms with Crippen LogP contribution in [-0.2, 0) is 6.18 Å². The summed E-state index contributed by atoms with van der Waals surface area (Å²) in [4.78, 5) is 22.2. The number of nitrogens with zero attached hydrogens (tertiary/aromatic N) is 3. The van der Waals surface area contributed by atoms with Crippen LogP contribution in [-0.4, -0.2) is 25.9 Å². The van der Waals surface area contributed by atoms with E-state index in [0.717, 1.165) is 24.3 Å². The van der Waals surface area contributed by atoms with Gasteiger partial charge in [-0.05, 0) is 42.5 Å². The number of imidazole rings is 1. The fourth-order valence-corrected chi connectivity index (χ4v) is 3.04. The molecule has 2 aromatic carbocycles. The standard InChI is InChI=1S/C21H14F6N6O2/c22-20(23,24)12-2-1-3-14(10-12)33-9-8-28-18(33)30-17-11-16(31-19(34)32-17)29-13-4-6-15(7-5-13)35-21(25,26)27/h1-11H,(H3,28,29,30,31,32,34). The Bertz CT molecular complexity index is 1380. The third-order valence-corrected chi connectivity index (χ3v) is 4.44. The molecule has 0 aliphatic rings. The number of hydrogen-bond donors (Lipinski definition) is 3. The monoisotopic (exact) mass is 496 g/mol. The van der Waals surface area contributed by atoms with Gasteiger partial charge in [0.25, 0.3) is 0 Å². The van der Waals surface area contributed by atoms with Crippen molar-refractivity contribution < 1.29 is 31.1 Å². The molecule has 0 aliphatic carbocycles. The van der Waals surface area contributed by atoms with Gasteiger partial charge in [0, 0.05) is 29.8 Å². The lowest BCUT2D eigenvalue weighted by Crippen LogP contribution is -2.17. The highest BCUT2D eigenvalue weighted by Gasteiger charge is 2.31. The molecule has 0 spiro atoms. The van der Waals surface area contributed by atoms with Crippen LogP contribution in [0.1, 0.15) is 5.56 Å². The van der Waals surface area contributed by atoms with Gasteiger partial charge in [0.1, 0.15) is 17.4 Å². The second-order valence-electron chi connectivity index (χ2n) is 6.98. The van der Waals surface area contributed by atoms with Crippen molar-refractivity contribution in [1.82, 2.24) is 19.5 Å². The average Bonchev–Trinajstić information content (AvgIpc) is 3.21. The molecule has 0 fully saturated rings.